The average Bonchev–Trinajstić information content (AvgIpc) is 3.16. The number of likely N-dealkylation sites (N-methyl/N-ethyl adjacent to an activating group) is 1. The minimum Gasteiger partial charge on any atom is -0.484 e. The molecule has 2 aromatic carbocycles. The SMILES string of the molecule is CCN(CC)CCN(C(=O)COc1ccc(Cl)cc1)c1nc2c(C)cccc2s1. The monoisotopic (exact) mass is 431 g/mol. The Hall–Kier alpha value is -2.15. The highest BCUT2D eigenvalue weighted by Gasteiger charge is 2.21. The van der Waals surface area contributed by atoms with Gasteiger partial charge < -0.3 is 9.64 Å². The Kier molecular flexibility index (Phi) is 7.47. The van der Waals surface area contributed by atoms with E-state index in [1.54, 1.807) is 40.5 Å². The average molecular weight is 432 g/mol. The van der Waals surface area contributed by atoms with Crippen molar-refractivity contribution < 1.29 is 9.53 Å². The highest BCUT2D eigenvalue weighted by molar-refractivity contribution is 7.22. The Morgan fingerprint density at radius 3 is 2.48 bits per heavy atom. The molecule has 0 spiro atoms. The van der Waals surface area contributed by atoms with E-state index in [4.69, 9.17) is 21.3 Å². The Balaban J connectivity index is 1.79. The molecule has 1 heterocycles. The number of hydrogen-bond acceptors (Lipinski definition) is 5. The van der Waals surface area contributed by atoms with E-state index in [1.165, 1.54) is 0 Å². The van der Waals surface area contributed by atoms with Gasteiger partial charge in [-0.3, -0.25) is 9.69 Å². The number of thiazole rings is 1. The highest BCUT2D eigenvalue weighted by Crippen LogP contribution is 2.30. The molecule has 0 unspecified atom stereocenters. The summed E-state index contributed by atoms with van der Waals surface area (Å²) in [5.74, 6) is 0.510. The fourth-order valence-electron chi connectivity index (χ4n) is 3.05. The molecule has 0 saturated carbocycles. The van der Waals surface area contributed by atoms with Gasteiger partial charge in [0.15, 0.2) is 11.7 Å². The molecule has 0 N–H and O–H groups in total. The third-order valence-corrected chi connectivity index (χ3v) is 6.15. The van der Waals surface area contributed by atoms with Gasteiger partial charge in [0.25, 0.3) is 5.91 Å². The largest absolute Gasteiger partial charge is 0.484 e. The van der Waals surface area contributed by atoms with Crippen LogP contribution in [-0.4, -0.2) is 48.6 Å². The summed E-state index contributed by atoms with van der Waals surface area (Å²) >= 11 is 7.45. The van der Waals surface area contributed by atoms with Crippen LogP contribution >= 0.6 is 22.9 Å². The van der Waals surface area contributed by atoms with Crippen molar-refractivity contribution in [1.82, 2.24) is 9.88 Å². The molecule has 0 aliphatic heterocycles. The number of carbonyl (C=O) groups excluding carboxylic acids is 1. The Bertz CT molecular complexity index is 954. The zero-order valence-corrected chi connectivity index (χ0v) is 18.6. The van der Waals surface area contributed by atoms with Crippen LogP contribution in [-0.2, 0) is 4.79 Å². The zero-order valence-electron chi connectivity index (χ0n) is 17.0. The van der Waals surface area contributed by atoms with Crippen LogP contribution in [0.2, 0.25) is 5.02 Å². The summed E-state index contributed by atoms with van der Waals surface area (Å²) in [6, 6.07) is 13.1. The molecule has 5 nitrogen and oxygen atoms in total. The highest BCUT2D eigenvalue weighted by atomic mass is 35.5. The van der Waals surface area contributed by atoms with Crippen molar-refractivity contribution in [3.05, 3.63) is 53.1 Å². The smallest absolute Gasteiger partial charge is 0.266 e. The zero-order chi connectivity index (χ0) is 20.8. The first-order valence-corrected chi connectivity index (χ1v) is 11.0. The maximum atomic E-state index is 13.1. The molecule has 3 rings (SSSR count). The summed E-state index contributed by atoms with van der Waals surface area (Å²) in [7, 11) is 0. The molecule has 7 heteroatoms. The molecule has 0 aliphatic carbocycles. The fourth-order valence-corrected chi connectivity index (χ4v) is 4.26. The maximum Gasteiger partial charge on any atom is 0.266 e. The van der Waals surface area contributed by atoms with Gasteiger partial charge in [0.2, 0.25) is 0 Å². The third-order valence-electron chi connectivity index (χ3n) is 4.85. The summed E-state index contributed by atoms with van der Waals surface area (Å²) in [5.41, 5.74) is 2.06. The molecule has 0 aliphatic rings. The van der Waals surface area contributed by atoms with Crippen LogP contribution in [0.4, 0.5) is 5.13 Å². The van der Waals surface area contributed by atoms with Gasteiger partial charge in [-0.2, -0.15) is 0 Å². The van der Waals surface area contributed by atoms with E-state index < -0.39 is 0 Å². The lowest BCUT2D eigenvalue weighted by atomic mass is 10.2. The Morgan fingerprint density at radius 2 is 1.83 bits per heavy atom. The second kappa shape index (κ2) is 10.1. The third kappa shape index (κ3) is 5.47. The number of anilines is 1. The quantitative estimate of drug-likeness (QED) is 0.477. The van der Waals surface area contributed by atoms with Crippen LogP contribution in [0.15, 0.2) is 42.5 Å². The van der Waals surface area contributed by atoms with Crippen LogP contribution in [0.3, 0.4) is 0 Å². The number of benzene rings is 2. The second-order valence-corrected chi connectivity index (χ2v) is 8.18. The molecule has 3 aromatic rings. The van der Waals surface area contributed by atoms with E-state index in [9.17, 15) is 4.79 Å². The van der Waals surface area contributed by atoms with Gasteiger partial charge in [0.05, 0.1) is 10.2 Å². The number of amides is 1. The van der Waals surface area contributed by atoms with E-state index in [0.717, 1.165) is 35.4 Å². The number of aromatic nitrogens is 1. The summed E-state index contributed by atoms with van der Waals surface area (Å²) in [5, 5.41) is 1.35. The van der Waals surface area contributed by atoms with E-state index in [-0.39, 0.29) is 12.5 Å². The number of fused-ring (bicyclic) bond motifs is 1. The van der Waals surface area contributed by atoms with Gasteiger partial charge in [0, 0.05) is 18.1 Å². The lowest BCUT2D eigenvalue weighted by Crippen LogP contribution is -2.41. The number of nitrogens with zero attached hydrogens (tertiary/aromatic N) is 3. The van der Waals surface area contributed by atoms with Crippen molar-refractivity contribution in [2.75, 3.05) is 37.7 Å². The lowest BCUT2D eigenvalue weighted by Gasteiger charge is -2.24. The second-order valence-electron chi connectivity index (χ2n) is 6.73. The summed E-state index contributed by atoms with van der Waals surface area (Å²) in [6.45, 7) is 9.49. The van der Waals surface area contributed by atoms with E-state index >= 15 is 0 Å². The molecule has 1 aromatic heterocycles. The van der Waals surface area contributed by atoms with Crippen LogP contribution in [0, 0.1) is 6.92 Å². The molecule has 154 valence electrons. The van der Waals surface area contributed by atoms with Gasteiger partial charge in [-0.1, -0.05) is 48.9 Å². The van der Waals surface area contributed by atoms with E-state index in [2.05, 4.69) is 18.7 Å². The van der Waals surface area contributed by atoms with Crippen LogP contribution in [0.1, 0.15) is 19.4 Å². The van der Waals surface area contributed by atoms with E-state index in [0.29, 0.717) is 22.4 Å². The topological polar surface area (TPSA) is 45.7 Å². The first-order valence-electron chi connectivity index (χ1n) is 9.79. The molecular formula is C22H26ClN3O2S. The predicted molar refractivity (Wildman–Crippen MR) is 121 cm³/mol. The number of aryl methyl sites for hydroxylation is 1. The summed E-state index contributed by atoms with van der Waals surface area (Å²) in [6.07, 6.45) is 0. The molecular weight excluding hydrogens is 406 g/mol. The first-order chi connectivity index (χ1) is 14.0. The summed E-state index contributed by atoms with van der Waals surface area (Å²) < 4.78 is 6.78. The van der Waals surface area contributed by atoms with Crippen molar-refractivity contribution >= 4 is 44.2 Å². The van der Waals surface area contributed by atoms with Gasteiger partial charge in [-0.15, -0.1) is 0 Å². The number of para-hydroxylation sites is 1. The van der Waals surface area contributed by atoms with E-state index in [1.807, 2.05) is 25.1 Å². The predicted octanol–water partition coefficient (Wildman–Crippen LogP) is 5.01. The molecule has 1 amide bonds. The molecule has 29 heavy (non-hydrogen) atoms. The number of ether oxygens (including phenoxy) is 1. The molecule has 0 bridgehead atoms. The van der Waals surface area contributed by atoms with Crippen LogP contribution < -0.4 is 9.64 Å². The normalized spacial score (nSPS) is 11.2. The minimum atomic E-state index is -0.108. The molecule has 0 fully saturated rings. The van der Waals surface area contributed by atoms with Crippen molar-refractivity contribution in [3.8, 4) is 5.75 Å². The van der Waals surface area contributed by atoms with Crippen molar-refractivity contribution in [2.24, 2.45) is 0 Å². The Labute approximate surface area is 180 Å². The van der Waals surface area contributed by atoms with Gasteiger partial charge in [-0.25, -0.2) is 4.98 Å². The van der Waals surface area contributed by atoms with Crippen LogP contribution in [0.5, 0.6) is 5.75 Å². The Morgan fingerprint density at radius 1 is 1.10 bits per heavy atom. The van der Waals surface area contributed by atoms with Crippen molar-refractivity contribution in [1.29, 1.82) is 0 Å². The van der Waals surface area contributed by atoms with Gasteiger partial charge in [0.1, 0.15) is 5.75 Å². The van der Waals surface area contributed by atoms with Crippen molar-refractivity contribution in [3.63, 3.8) is 0 Å². The molecule has 0 atom stereocenters. The number of hydrogen-bond donors (Lipinski definition) is 0. The van der Waals surface area contributed by atoms with Crippen molar-refractivity contribution in [2.45, 2.75) is 20.8 Å². The van der Waals surface area contributed by atoms with Crippen LogP contribution in [0.25, 0.3) is 10.2 Å². The first kappa shape index (κ1) is 21.6. The number of rotatable bonds is 9. The fraction of sp³-hybridized carbons (Fsp3) is 0.364. The molecule has 0 radical (unpaired) electrons. The maximum absolute atomic E-state index is 13.1. The van der Waals surface area contributed by atoms with Gasteiger partial charge >= 0.3 is 0 Å². The van der Waals surface area contributed by atoms with Gasteiger partial charge in [-0.05, 0) is 55.9 Å². The number of carbonyl (C=O) groups is 1. The molecule has 0 saturated heterocycles. The standard InChI is InChI=1S/C22H26ClN3O2S/c1-4-25(5-2)13-14-26(20(27)15-28-18-11-9-17(23)10-12-18)22-24-21-16(3)7-6-8-19(21)29-22/h6-12H,4-5,13-15H2,1-3H3. The number of halogens is 1. The minimum absolute atomic E-state index is 0.0468. The summed E-state index contributed by atoms with van der Waals surface area (Å²) in [4.78, 5) is 21.9. The lowest BCUT2D eigenvalue weighted by molar-refractivity contribution is -0.120.